The van der Waals surface area contributed by atoms with Crippen LogP contribution in [-0.2, 0) is 0 Å². The molecule has 1 aliphatic heterocycles. The van der Waals surface area contributed by atoms with Crippen LogP contribution in [0.4, 0.5) is 5.69 Å². The van der Waals surface area contributed by atoms with Crippen LogP contribution in [0.3, 0.4) is 0 Å². The second-order valence-corrected chi connectivity index (χ2v) is 7.75. The first-order valence-electron chi connectivity index (χ1n) is 9.04. The Morgan fingerprint density at radius 2 is 1.96 bits per heavy atom. The number of likely N-dealkylation sites (tertiary alicyclic amines) is 1. The van der Waals surface area contributed by atoms with Gasteiger partial charge in [0.1, 0.15) is 0 Å². The summed E-state index contributed by atoms with van der Waals surface area (Å²) in [6.07, 6.45) is 1.76. The van der Waals surface area contributed by atoms with Crippen LogP contribution in [0.1, 0.15) is 24.4 Å². The van der Waals surface area contributed by atoms with Gasteiger partial charge >= 0.3 is 5.69 Å². The third-order valence-electron chi connectivity index (χ3n) is 5.17. The van der Waals surface area contributed by atoms with Gasteiger partial charge in [-0.05, 0) is 67.9 Å². The first-order valence-corrected chi connectivity index (χ1v) is 9.83. The second-order valence-electron chi connectivity index (χ2n) is 6.92. The van der Waals surface area contributed by atoms with Crippen LogP contribution in [0.25, 0.3) is 11.0 Å². The topological polar surface area (TPSA) is 53.1 Å². The normalized spacial score (nSPS) is 15.3. The monoisotopic (exact) mass is 400 g/mol. The van der Waals surface area contributed by atoms with Gasteiger partial charge in [0, 0.05) is 29.8 Å². The smallest absolute Gasteiger partial charge is 0.326 e. The Balaban J connectivity index is 1.45. The summed E-state index contributed by atoms with van der Waals surface area (Å²) in [7, 11) is 0. The first-order chi connectivity index (χ1) is 13.0. The summed E-state index contributed by atoms with van der Waals surface area (Å²) in [4.78, 5) is 17.5. The molecule has 1 aromatic heterocycles. The molecule has 140 valence electrons. The van der Waals surface area contributed by atoms with E-state index in [-0.39, 0.29) is 11.7 Å². The van der Waals surface area contributed by atoms with E-state index < -0.39 is 0 Å². The van der Waals surface area contributed by atoms with Crippen molar-refractivity contribution in [3.05, 3.63) is 63.5 Å². The largest absolute Gasteiger partial charge is 0.349 e. The fraction of sp³-hybridized carbons (Fsp3) is 0.300. The summed E-state index contributed by atoms with van der Waals surface area (Å²) in [5, 5.41) is 4.75. The van der Waals surface area contributed by atoms with Crippen LogP contribution in [0.15, 0.2) is 47.3 Å². The molecule has 0 aliphatic carbocycles. The summed E-state index contributed by atoms with van der Waals surface area (Å²) in [5.74, 6) is 0. The molecule has 0 bridgehead atoms. The lowest BCUT2D eigenvalue weighted by molar-refractivity contribution is 0.269. The number of imidazole rings is 1. The van der Waals surface area contributed by atoms with Gasteiger partial charge in [-0.3, -0.25) is 4.57 Å². The van der Waals surface area contributed by atoms with Crippen molar-refractivity contribution in [2.75, 3.05) is 18.4 Å². The van der Waals surface area contributed by atoms with Gasteiger partial charge in [-0.15, -0.1) is 0 Å². The average molecular weight is 401 g/mol. The van der Waals surface area contributed by atoms with Crippen molar-refractivity contribution in [2.45, 2.75) is 25.8 Å². The summed E-state index contributed by atoms with van der Waals surface area (Å²) in [6.45, 7) is 3.64. The molecule has 0 saturated carbocycles. The van der Waals surface area contributed by atoms with Crippen molar-refractivity contribution in [1.29, 1.82) is 0 Å². The Hall–Kier alpha value is -2.31. The number of aromatic nitrogens is 2. The number of thiocarbonyl (C=S) groups is 1. The number of para-hydroxylation sites is 2. The van der Waals surface area contributed by atoms with E-state index in [9.17, 15) is 4.79 Å². The van der Waals surface area contributed by atoms with E-state index >= 15 is 0 Å². The lowest BCUT2D eigenvalue weighted by Gasteiger charge is -2.34. The first kappa shape index (κ1) is 18.1. The molecule has 2 aromatic carbocycles. The Labute approximate surface area is 167 Å². The van der Waals surface area contributed by atoms with Crippen molar-refractivity contribution >= 4 is 45.7 Å². The molecule has 0 amide bonds. The van der Waals surface area contributed by atoms with Crippen LogP contribution in [-0.4, -0.2) is 32.7 Å². The molecule has 0 radical (unpaired) electrons. The summed E-state index contributed by atoms with van der Waals surface area (Å²) >= 11 is 11.6. The highest BCUT2D eigenvalue weighted by Gasteiger charge is 2.24. The number of fused-ring (bicyclic) bond motifs is 1. The van der Waals surface area contributed by atoms with E-state index in [1.807, 2.05) is 54.0 Å². The molecular weight excluding hydrogens is 380 g/mol. The Bertz CT molecular complexity index is 1050. The van der Waals surface area contributed by atoms with Crippen LogP contribution in [0.5, 0.6) is 0 Å². The highest BCUT2D eigenvalue weighted by Crippen LogP contribution is 2.26. The Kier molecular flexibility index (Phi) is 4.93. The van der Waals surface area contributed by atoms with Crippen molar-refractivity contribution in [3.63, 3.8) is 0 Å². The van der Waals surface area contributed by atoms with E-state index in [2.05, 4.69) is 15.2 Å². The standard InChI is InChI=1S/C20H21ClN4OS/c1-13-12-14(21)6-7-16(13)23-20(27)24-10-8-15(9-11-24)25-18-5-3-2-4-17(18)22-19(25)26/h2-7,12,15H,8-11H2,1H3,(H,22,26)(H,23,27). The van der Waals surface area contributed by atoms with Crippen LogP contribution in [0, 0.1) is 6.92 Å². The molecule has 4 rings (SSSR count). The second kappa shape index (κ2) is 7.37. The molecule has 0 spiro atoms. The quantitative estimate of drug-likeness (QED) is 0.629. The predicted molar refractivity (Wildman–Crippen MR) is 115 cm³/mol. The number of rotatable bonds is 2. The predicted octanol–water partition coefficient (Wildman–Crippen LogP) is 4.33. The fourth-order valence-corrected chi connectivity index (χ4v) is 4.24. The highest BCUT2D eigenvalue weighted by atomic mass is 35.5. The molecule has 27 heavy (non-hydrogen) atoms. The maximum atomic E-state index is 12.4. The van der Waals surface area contributed by atoms with Gasteiger partial charge in [0.2, 0.25) is 0 Å². The summed E-state index contributed by atoms with van der Waals surface area (Å²) in [5.41, 5.74) is 3.86. The van der Waals surface area contributed by atoms with E-state index in [4.69, 9.17) is 23.8 Å². The SMILES string of the molecule is Cc1cc(Cl)ccc1NC(=S)N1CCC(n2c(=O)[nH]c3ccccc32)CC1. The maximum Gasteiger partial charge on any atom is 0.326 e. The zero-order valence-corrected chi connectivity index (χ0v) is 16.6. The van der Waals surface area contributed by atoms with Gasteiger partial charge in [0.05, 0.1) is 11.0 Å². The molecule has 5 nitrogen and oxygen atoms in total. The molecule has 0 unspecified atom stereocenters. The average Bonchev–Trinajstić information content (AvgIpc) is 3.00. The van der Waals surface area contributed by atoms with E-state index in [0.29, 0.717) is 10.1 Å². The van der Waals surface area contributed by atoms with E-state index in [0.717, 1.165) is 48.2 Å². The van der Waals surface area contributed by atoms with Gasteiger partial charge in [-0.25, -0.2) is 4.79 Å². The van der Waals surface area contributed by atoms with Crippen LogP contribution < -0.4 is 11.0 Å². The maximum absolute atomic E-state index is 12.4. The molecule has 3 aromatic rings. The van der Waals surface area contributed by atoms with Gasteiger partial charge < -0.3 is 15.2 Å². The van der Waals surface area contributed by atoms with Crippen molar-refractivity contribution in [3.8, 4) is 0 Å². The number of aryl methyl sites for hydroxylation is 1. The number of nitrogens with zero attached hydrogens (tertiary/aromatic N) is 2. The number of hydrogen-bond acceptors (Lipinski definition) is 2. The van der Waals surface area contributed by atoms with Crippen LogP contribution >= 0.6 is 23.8 Å². The number of benzene rings is 2. The fourth-order valence-electron chi connectivity index (χ4n) is 3.73. The third kappa shape index (κ3) is 3.59. The van der Waals surface area contributed by atoms with Gasteiger partial charge in [-0.1, -0.05) is 23.7 Å². The molecule has 1 aliphatic rings. The van der Waals surface area contributed by atoms with Gasteiger partial charge in [-0.2, -0.15) is 0 Å². The van der Waals surface area contributed by atoms with Gasteiger partial charge in [0.15, 0.2) is 5.11 Å². The molecule has 2 heterocycles. The minimum Gasteiger partial charge on any atom is -0.349 e. The number of H-pyrrole nitrogens is 1. The van der Waals surface area contributed by atoms with Crippen molar-refractivity contribution in [2.24, 2.45) is 0 Å². The third-order valence-corrected chi connectivity index (χ3v) is 5.77. The number of piperidine rings is 1. The molecule has 1 fully saturated rings. The minimum atomic E-state index is -0.0351. The molecular formula is C20H21ClN4OS. The molecule has 7 heteroatoms. The molecule has 2 N–H and O–H groups in total. The van der Waals surface area contributed by atoms with Crippen molar-refractivity contribution < 1.29 is 0 Å². The lowest BCUT2D eigenvalue weighted by atomic mass is 10.0. The van der Waals surface area contributed by atoms with Crippen LogP contribution in [0.2, 0.25) is 5.02 Å². The Morgan fingerprint density at radius 1 is 1.22 bits per heavy atom. The number of anilines is 1. The number of halogens is 1. The number of hydrogen-bond donors (Lipinski definition) is 2. The summed E-state index contributed by atoms with van der Waals surface area (Å²) in [6, 6.07) is 13.7. The van der Waals surface area contributed by atoms with Crippen molar-refractivity contribution in [1.82, 2.24) is 14.5 Å². The number of aromatic amines is 1. The molecule has 1 saturated heterocycles. The Morgan fingerprint density at radius 3 is 2.70 bits per heavy atom. The number of nitrogens with one attached hydrogen (secondary N) is 2. The minimum absolute atomic E-state index is 0.0351. The highest BCUT2D eigenvalue weighted by molar-refractivity contribution is 7.80. The van der Waals surface area contributed by atoms with E-state index in [1.54, 1.807) is 0 Å². The summed E-state index contributed by atoms with van der Waals surface area (Å²) < 4.78 is 1.90. The van der Waals surface area contributed by atoms with E-state index in [1.165, 1.54) is 0 Å². The van der Waals surface area contributed by atoms with Gasteiger partial charge in [0.25, 0.3) is 0 Å². The molecule has 0 atom stereocenters. The lowest BCUT2D eigenvalue weighted by Crippen LogP contribution is -2.42. The zero-order chi connectivity index (χ0) is 19.0. The zero-order valence-electron chi connectivity index (χ0n) is 15.0.